The largest absolute Gasteiger partial charge is 0.435 e. The first-order chi connectivity index (χ1) is 12.4. The third-order valence-corrected chi connectivity index (χ3v) is 3.84. The molecule has 0 aromatic heterocycles. The number of benzene rings is 1. The minimum atomic E-state index is -2.95. The van der Waals surface area contributed by atoms with E-state index < -0.39 is 12.5 Å². The molecule has 1 N–H and O–H groups in total. The number of amides is 2. The molecule has 0 radical (unpaired) electrons. The molecule has 1 aromatic carbocycles. The van der Waals surface area contributed by atoms with Gasteiger partial charge in [0, 0.05) is 32.7 Å². The SMILES string of the molecule is C=CC(=O)Nc1ccc(OC(F)F)cc1N(C)CCN1CCOCC1=O. The lowest BCUT2D eigenvalue weighted by atomic mass is 10.2. The molecule has 1 heterocycles. The van der Waals surface area contributed by atoms with Crippen molar-refractivity contribution in [2.75, 3.05) is 50.1 Å². The molecule has 0 bridgehead atoms. The van der Waals surface area contributed by atoms with Gasteiger partial charge in [-0.15, -0.1) is 0 Å². The van der Waals surface area contributed by atoms with E-state index in [0.717, 1.165) is 6.08 Å². The van der Waals surface area contributed by atoms with Crippen LogP contribution < -0.4 is 15.0 Å². The lowest BCUT2D eigenvalue weighted by Gasteiger charge is -2.30. The number of carbonyl (C=O) groups excluding carboxylic acids is 2. The molecule has 1 fully saturated rings. The predicted molar refractivity (Wildman–Crippen MR) is 92.6 cm³/mol. The summed E-state index contributed by atoms with van der Waals surface area (Å²) in [6.07, 6.45) is 1.11. The van der Waals surface area contributed by atoms with Crippen LogP contribution in [0.25, 0.3) is 0 Å². The van der Waals surface area contributed by atoms with Crippen molar-refractivity contribution in [3.8, 4) is 5.75 Å². The van der Waals surface area contributed by atoms with Gasteiger partial charge in [0.15, 0.2) is 0 Å². The van der Waals surface area contributed by atoms with Gasteiger partial charge in [-0.25, -0.2) is 0 Å². The zero-order valence-electron chi connectivity index (χ0n) is 14.4. The number of carbonyl (C=O) groups is 2. The van der Waals surface area contributed by atoms with Gasteiger partial charge in [0.1, 0.15) is 12.4 Å². The van der Waals surface area contributed by atoms with Gasteiger partial charge in [-0.3, -0.25) is 9.59 Å². The first kappa shape index (κ1) is 19.6. The Labute approximate surface area is 150 Å². The van der Waals surface area contributed by atoms with E-state index >= 15 is 0 Å². The molecule has 1 aromatic rings. The van der Waals surface area contributed by atoms with E-state index in [4.69, 9.17) is 4.74 Å². The van der Waals surface area contributed by atoms with Crippen molar-refractivity contribution in [2.45, 2.75) is 6.61 Å². The van der Waals surface area contributed by atoms with E-state index in [0.29, 0.717) is 37.6 Å². The van der Waals surface area contributed by atoms with Gasteiger partial charge in [0.05, 0.1) is 18.0 Å². The second-order valence-electron chi connectivity index (χ2n) is 5.61. The number of likely N-dealkylation sites (N-methyl/N-ethyl adjacent to an activating group) is 1. The maximum Gasteiger partial charge on any atom is 0.387 e. The number of halogens is 2. The number of hydrogen-bond acceptors (Lipinski definition) is 5. The fraction of sp³-hybridized carbons (Fsp3) is 0.412. The second kappa shape index (κ2) is 9.14. The molecule has 1 saturated heterocycles. The molecule has 26 heavy (non-hydrogen) atoms. The summed E-state index contributed by atoms with van der Waals surface area (Å²) in [4.78, 5) is 26.8. The van der Waals surface area contributed by atoms with Crippen molar-refractivity contribution in [3.63, 3.8) is 0 Å². The number of nitrogens with one attached hydrogen (secondary N) is 1. The maximum absolute atomic E-state index is 12.5. The number of nitrogens with zero attached hydrogens (tertiary/aromatic N) is 2. The summed E-state index contributed by atoms with van der Waals surface area (Å²) in [7, 11) is 1.73. The van der Waals surface area contributed by atoms with Gasteiger partial charge in [-0.2, -0.15) is 8.78 Å². The summed E-state index contributed by atoms with van der Waals surface area (Å²) in [6.45, 7) is 2.35. The van der Waals surface area contributed by atoms with Crippen molar-refractivity contribution < 1.29 is 27.8 Å². The zero-order chi connectivity index (χ0) is 19.1. The van der Waals surface area contributed by atoms with E-state index in [1.165, 1.54) is 18.2 Å². The normalized spacial score (nSPS) is 14.3. The first-order valence-electron chi connectivity index (χ1n) is 7.99. The summed E-state index contributed by atoms with van der Waals surface area (Å²) in [5, 5.41) is 2.63. The fourth-order valence-electron chi connectivity index (χ4n) is 2.47. The molecule has 142 valence electrons. The minimum Gasteiger partial charge on any atom is -0.435 e. The van der Waals surface area contributed by atoms with Gasteiger partial charge < -0.3 is 24.6 Å². The van der Waals surface area contributed by atoms with Crippen LogP contribution in [0.3, 0.4) is 0 Å². The van der Waals surface area contributed by atoms with Crippen LogP contribution in [-0.4, -0.2) is 63.2 Å². The highest BCUT2D eigenvalue weighted by Crippen LogP contribution is 2.30. The molecule has 1 aliphatic rings. The third kappa shape index (κ3) is 5.41. The van der Waals surface area contributed by atoms with E-state index in [2.05, 4.69) is 16.6 Å². The van der Waals surface area contributed by atoms with Gasteiger partial charge in [0.2, 0.25) is 11.8 Å². The monoisotopic (exact) mass is 369 g/mol. The molecule has 0 saturated carbocycles. The van der Waals surface area contributed by atoms with Gasteiger partial charge in [-0.1, -0.05) is 6.58 Å². The summed E-state index contributed by atoms with van der Waals surface area (Å²) >= 11 is 0. The average molecular weight is 369 g/mol. The molecular weight excluding hydrogens is 348 g/mol. The molecule has 0 atom stereocenters. The zero-order valence-corrected chi connectivity index (χ0v) is 14.4. The van der Waals surface area contributed by atoms with E-state index in [1.807, 2.05) is 0 Å². The Morgan fingerprint density at radius 3 is 2.96 bits per heavy atom. The standard InChI is InChI=1S/C17H21F2N3O4/c1-3-15(23)20-13-5-4-12(26-17(18)19)10-14(13)21(2)6-7-22-8-9-25-11-16(22)24/h3-5,10,17H,1,6-9,11H2,2H3,(H,20,23). The predicted octanol–water partition coefficient (Wildman–Crippen LogP) is 1.71. The molecule has 1 aliphatic heterocycles. The summed E-state index contributed by atoms with van der Waals surface area (Å²) in [6, 6.07) is 4.23. The molecule has 0 unspecified atom stereocenters. The molecule has 2 amide bonds. The highest BCUT2D eigenvalue weighted by Gasteiger charge is 2.19. The smallest absolute Gasteiger partial charge is 0.387 e. The van der Waals surface area contributed by atoms with Gasteiger partial charge in [-0.05, 0) is 18.2 Å². The third-order valence-electron chi connectivity index (χ3n) is 3.84. The number of anilines is 2. The Morgan fingerprint density at radius 2 is 2.31 bits per heavy atom. The highest BCUT2D eigenvalue weighted by molar-refractivity contribution is 6.01. The van der Waals surface area contributed by atoms with Crippen LogP contribution >= 0.6 is 0 Å². The summed E-state index contributed by atoms with van der Waals surface area (Å²) in [5.74, 6) is -0.550. The molecular formula is C17H21F2N3O4. The van der Waals surface area contributed by atoms with E-state index in [1.54, 1.807) is 16.8 Å². The summed E-state index contributed by atoms with van der Waals surface area (Å²) in [5.41, 5.74) is 0.909. The lowest BCUT2D eigenvalue weighted by molar-refractivity contribution is -0.142. The molecule has 2 rings (SSSR count). The maximum atomic E-state index is 12.5. The number of morpholine rings is 1. The van der Waals surface area contributed by atoms with Crippen LogP contribution in [0.1, 0.15) is 0 Å². The Bertz CT molecular complexity index is 669. The van der Waals surface area contributed by atoms with Crippen molar-refractivity contribution in [1.29, 1.82) is 0 Å². The van der Waals surface area contributed by atoms with Crippen LogP contribution in [0.4, 0.5) is 20.2 Å². The second-order valence-corrected chi connectivity index (χ2v) is 5.61. The first-order valence-corrected chi connectivity index (χ1v) is 7.99. The Kier molecular flexibility index (Phi) is 6.90. The summed E-state index contributed by atoms with van der Waals surface area (Å²) < 4.78 is 34.5. The van der Waals surface area contributed by atoms with Crippen molar-refractivity contribution in [1.82, 2.24) is 4.90 Å². The number of hydrogen-bond donors (Lipinski definition) is 1. The van der Waals surface area contributed by atoms with Crippen molar-refractivity contribution in [2.24, 2.45) is 0 Å². The number of alkyl halides is 2. The molecule has 0 spiro atoms. The Balaban J connectivity index is 2.14. The molecule has 0 aliphatic carbocycles. The minimum absolute atomic E-state index is 0.0269. The molecule has 7 nitrogen and oxygen atoms in total. The quantitative estimate of drug-likeness (QED) is 0.707. The van der Waals surface area contributed by atoms with E-state index in [9.17, 15) is 18.4 Å². The average Bonchev–Trinajstić information content (AvgIpc) is 2.61. The highest BCUT2D eigenvalue weighted by atomic mass is 19.3. The van der Waals surface area contributed by atoms with Crippen LogP contribution in [0.2, 0.25) is 0 Å². The molecule has 9 heteroatoms. The van der Waals surface area contributed by atoms with Crippen molar-refractivity contribution in [3.05, 3.63) is 30.9 Å². The van der Waals surface area contributed by atoms with Crippen molar-refractivity contribution >= 4 is 23.2 Å². The van der Waals surface area contributed by atoms with Crippen LogP contribution in [0, 0.1) is 0 Å². The Morgan fingerprint density at radius 1 is 1.54 bits per heavy atom. The van der Waals surface area contributed by atoms with Crippen LogP contribution in [0.15, 0.2) is 30.9 Å². The van der Waals surface area contributed by atoms with Gasteiger partial charge >= 0.3 is 6.61 Å². The Hall–Kier alpha value is -2.68. The van der Waals surface area contributed by atoms with Gasteiger partial charge in [0.25, 0.3) is 0 Å². The van der Waals surface area contributed by atoms with Crippen LogP contribution in [-0.2, 0) is 14.3 Å². The number of ether oxygens (including phenoxy) is 2. The van der Waals surface area contributed by atoms with E-state index in [-0.39, 0.29) is 18.3 Å². The fourth-order valence-corrected chi connectivity index (χ4v) is 2.47. The topological polar surface area (TPSA) is 71.1 Å². The van der Waals surface area contributed by atoms with Crippen LogP contribution in [0.5, 0.6) is 5.75 Å². The number of rotatable bonds is 8. The lowest BCUT2D eigenvalue weighted by Crippen LogP contribution is -2.45.